The summed E-state index contributed by atoms with van der Waals surface area (Å²) in [5, 5.41) is 11.7. The normalized spacial score (nSPS) is 10.6. The van der Waals surface area contributed by atoms with E-state index in [1.165, 1.54) is 14.2 Å². The molecule has 0 aromatic heterocycles. The maximum atomic E-state index is 12.0. The van der Waals surface area contributed by atoms with Gasteiger partial charge in [0, 0.05) is 17.2 Å². The van der Waals surface area contributed by atoms with E-state index in [-0.39, 0.29) is 29.4 Å². The van der Waals surface area contributed by atoms with Crippen molar-refractivity contribution >= 4 is 16.7 Å². The number of methoxy groups -OCH3 is 2. The van der Waals surface area contributed by atoms with Crippen molar-refractivity contribution in [2.24, 2.45) is 0 Å². The number of fused-ring (bicyclic) bond motifs is 1. The summed E-state index contributed by atoms with van der Waals surface area (Å²) >= 11 is 0. The van der Waals surface area contributed by atoms with Crippen LogP contribution in [0.2, 0.25) is 0 Å². The lowest BCUT2D eigenvalue weighted by atomic mass is 9.99. The molecular weight excluding hydrogens is 344 g/mol. The van der Waals surface area contributed by atoms with Crippen LogP contribution in [0.25, 0.3) is 10.8 Å². The average molecular weight is 366 g/mol. The van der Waals surface area contributed by atoms with Crippen LogP contribution in [0.1, 0.15) is 24.5 Å². The molecule has 3 aromatic rings. The molecule has 0 unspecified atom stereocenters. The van der Waals surface area contributed by atoms with E-state index in [9.17, 15) is 9.90 Å². The fourth-order valence-corrected chi connectivity index (χ4v) is 3.04. The predicted octanol–water partition coefficient (Wildman–Crippen LogP) is 4.47. The minimum Gasteiger partial charge on any atom is -0.504 e. The first-order chi connectivity index (χ1) is 13.1. The summed E-state index contributed by atoms with van der Waals surface area (Å²) in [6, 6.07) is 15.7. The zero-order valence-electron chi connectivity index (χ0n) is 15.6. The number of aromatic hydroxyl groups is 1. The number of esters is 1. The van der Waals surface area contributed by atoms with Gasteiger partial charge in [0.1, 0.15) is 0 Å². The quantitative estimate of drug-likeness (QED) is 0.515. The summed E-state index contributed by atoms with van der Waals surface area (Å²) in [5.41, 5.74) is 2.18. The molecule has 0 radical (unpaired) electrons. The van der Waals surface area contributed by atoms with Crippen molar-refractivity contribution in [2.45, 2.75) is 19.8 Å². The Morgan fingerprint density at radius 2 is 1.59 bits per heavy atom. The highest BCUT2D eigenvalue weighted by Gasteiger charge is 2.24. The third-order valence-corrected chi connectivity index (χ3v) is 4.38. The van der Waals surface area contributed by atoms with Gasteiger partial charge in [0.15, 0.2) is 11.5 Å². The maximum absolute atomic E-state index is 12.0. The van der Waals surface area contributed by atoms with Gasteiger partial charge in [0.25, 0.3) is 0 Å². The van der Waals surface area contributed by atoms with E-state index in [1.54, 1.807) is 13.0 Å². The van der Waals surface area contributed by atoms with E-state index >= 15 is 0 Å². The van der Waals surface area contributed by atoms with E-state index in [1.807, 2.05) is 42.5 Å². The van der Waals surface area contributed by atoms with Gasteiger partial charge in [0.05, 0.1) is 14.2 Å². The van der Waals surface area contributed by atoms with Crippen LogP contribution >= 0.6 is 0 Å². The fraction of sp³-hybridized carbons (Fsp3) is 0.227. The summed E-state index contributed by atoms with van der Waals surface area (Å²) in [4.78, 5) is 12.0. The molecule has 3 rings (SSSR count). The molecule has 3 aromatic carbocycles. The number of rotatable bonds is 6. The van der Waals surface area contributed by atoms with Crippen molar-refractivity contribution in [1.82, 2.24) is 0 Å². The molecule has 1 N–H and O–H groups in total. The zero-order valence-corrected chi connectivity index (χ0v) is 15.6. The highest BCUT2D eigenvalue weighted by Crippen LogP contribution is 2.50. The molecule has 5 heteroatoms. The van der Waals surface area contributed by atoms with Gasteiger partial charge >= 0.3 is 5.97 Å². The minimum atomic E-state index is -0.393. The molecule has 0 spiro atoms. The van der Waals surface area contributed by atoms with Crippen molar-refractivity contribution < 1.29 is 24.1 Å². The Kier molecular flexibility index (Phi) is 5.50. The standard InChI is InChI=1S/C22H22O5/c1-4-18(23)27-20-17-13-15(12-14-8-6-5-7-9-14)10-11-16(17)19(24)21(25-2)22(20)26-3/h5-11,13,24H,4,12H2,1-3H3. The predicted molar refractivity (Wildman–Crippen MR) is 104 cm³/mol. The van der Waals surface area contributed by atoms with Gasteiger partial charge in [-0.15, -0.1) is 0 Å². The third kappa shape index (κ3) is 3.67. The molecule has 27 heavy (non-hydrogen) atoms. The number of phenolic OH excluding ortho intramolecular Hbond substituents is 1. The van der Waals surface area contributed by atoms with Crippen LogP contribution in [0.3, 0.4) is 0 Å². The number of phenols is 1. The van der Waals surface area contributed by atoms with Gasteiger partial charge in [-0.2, -0.15) is 0 Å². The van der Waals surface area contributed by atoms with Gasteiger partial charge < -0.3 is 19.3 Å². The molecule has 0 aliphatic heterocycles. The highest BCUT2D eigenvalue weighted by atomic mass is 16.6. The average Bonchev–Trinajstić information content (AvgIpc) is 2.70. The number of benzene rings is 3. The second-order valence-corrected chi connectivity index (χ2v) is 6.11. The van der Waals surface area contributed by atoms with E-state index in [2.05, 4.69) is 0 Å². The zero-order chi connectivity index (χ0) is 19.4. The van der Waals surface area contributed by atoms with Crippen LogP contribution in [0.5, 0.6) is 23.0 Å². The monoisotopic (exact) mass is 366 g/mol. The Labute approximate surface area is 158 Å². The summed E-state index contributed by atoms with van der Waals surface area (Å²) in [5.74, 6) is 0.146. The van der Waals surface area contributed by atoms with Gasteiger partial charge in [-0.05, 0) is 23.6 Å². The molecule has 140 valence electrons. The topological polar surface area (TPSA) is 65.0 Å². The smallest absolute Gasteiger partial charge is 0.311 e. The Bertz CT molecular complexity index is 964. The van der Waals surface area contributed by atoms with Crippen molar-refractivity contribution in [1.29, 1.82) is 0 Å². The number of hydrogen-bond acceptors (Lipinski definition) is 5. The van der Waals surface area contributed by atoms with Crippen molar-refractivity contribution in [3.63, 3.8) is 0 Å². The van der Waals surface area contributed by atoms with Crippen LogP contribution in [0.15, 0.2) is 48.5 Å². The van der Waals surface area contributed by atoms with Crippen LogP contribution in [-0.2, 0) is 11.2 Å². The SMILES string of the molecule is CCC(=O)Oc1c(OC)c(OC)c(O)c2ccc(Cc3ccccc3)cc12. The molecule has 0 amide bonds. The van der Waals surface area contributed by atoms with E-state index in [0.29, 0.717) is 17.2 Å². The second-order valence-electron chi connectivity index (χ2n) is 6.11. The number of carbonyl (C=O) groups excluding carboxylic acids is 1. The van der Waals surface area contributed by atoms with E-state index in [0.717, 1.165) is 11.1 Å². The second kappa shape index (κ2) is 7.99. The molecule has 0 aliphatic carbocycles. The Morgan fingerprint density at radius 1 is 0.889 bits per heavy atom. The Balaban J connectivity index is 2.20. The highest BCUT2D eigenvalue weighted by molar-refractivity contribution is 6.00. The fourth-order valence-electron chi connectivity index (χ4n) is 3.04. The molecule has 0 heterocycles. The number of hydrogen-bond donors (Lipinski definition) is 1. The van der Waals surface area contributed by atoms with Crippen LogP contribution in [0, 0.1) is 0 Å². The van der Waals surface area contributed by atoms with Crippen molar-refractivity contribution in [2.75, 3.05) is 14.2 Å². The first kappa shape index (κ1) is 18.6. The van der Waals surface area contributed by atoms with Gasteiger partial charge in [0.2, 0.25) is 11.5 Å². The number of ether oxygens (including phenoxy) is 3. The van der Waals surface area contributed by atoms with Gasteiger partial charge in [-0.25, -0.2) is 0 Å². The van der Waals surface area contributed by atoms with Gasteiger partial charge in [-0.1, -0.05) is 49.4 Å². The van der Waals surface area contributed by atoms with Crippen molar-refractivity contribution in [3.05, 3.63) is 59.7 Å². The molecule has 0 saturated heterocycles. The van der Waals surface area contributed by atoms with Crippen LogP contribution in [0.4, 0.5) is 0 Å². The van der Waals surface area contributed by atoms with E-state index < -0.39 is 5.97 Å². The molecule has 5 nitrogen and oxygen atoms in total. The van der Waals surface area contributed by atoms with Crippen molar-refractivity contribution in [3.8, 4) is 23.0 Å². The molecular formula is C22H22O5. The number of carbonyl (C=O) groups is 1. The summed E-state index contributed by atoms with van der Waals surface area (Å²) in [6.07, 6.45) is 0.935. The van der Waals surface area contributed by atoms with E-state index in [4.69, 9.17) is 14.2 Å². The van der Waals surface area contributed by atoms with Crippen LogP contribution < -0.4 is 14.2 Å². The lowest BCUT2D eigenvalue weighted by Gasteiger charge is -2.18. The Hall–Kier alpha value is -3.21. The molecule has 0 bridgehead atoms. The van der Waals surface area contributed by atoms with Gasteiger partial charge in [-0.3, -0.25) is 4.79 Å². The summed E-state index contributed by atoms with van der Waals surface area (Å²) in [7, 11) is 2.87. The lowest BCUT2D eigenvalue weighted by molar-refractivity contribution is -0.134. The minimum absolute atomic E-state index is 0.0492. The first-order valence-electron chi connectivity index (χ1n) is 8.73. The molecule has 0 aliphatic rings. The first-order valence-corrected chi connectivity index (χ1v) is 8.73. The molecule has 0 saturated carbocycles. The maximum Gasteiger partial charge on any atom is 0.311 e. The van der Waals surface area contributed by atoms with Crippen LogP contribution in [-0.4, -0.2) is 25.3 Å². The third-order valence-electron chi connectivity index (χ3n) is 4.38. The molecule has 0 atom stereocenters. The summed E-state index contributed by atoms with van der Waals surface area (Å²) in [6.45, 7) is 1.72. The Morgan fingerprint density at radius 3 is 2.22 bits per heavy atom. The summed E-state index contributed by atoms with van der Waals surface area (Å²) < 4.78 is 16.2. The largest absolute Gasteiger partial charge is 0.504 e. The molecule has 0 fully saturated rings. The lowest BCUT2D eigenvalue weighted by Crippen LogP contribution is -2.08.